The first-order chi connectivity index (χ1) is 19.0. The topological polar surface area (TPSA) is 130 Å². The maximum Gasteiger partial charge on any atom is 0.281 e. The van der Waals surface area contributed by atoms with Crippen LogP contribution in [0.4, 0.5) is 0 Å². The van der Waals surface area contributed by atoms with Crippen LogP contribution in [-0.2, 0) is 37.3 Å². The van der Waals surface area contributed by atoms with Gasteiger partial charge in [0.1, 0.15) is 48.8 Å². The lowest BCUT2D eigenvalue weighted by atomic mass is 10.1. The van der Waals surface area contributed by atoms with Crippen LogP contribution >= 0.6 is 35.7 Å². The molecule has 0 aliphatic carbocycles. The van der Waals surface area contributed by atoms with Gasteiger partial charge < -0.3 is 38.4 Å². The van der Waals surface area contributed by atoms with Gasteiger partial charge in [0.15, 0.2) is 0 Å². The molecule has 0 radical (unpaired) electrons. The molecule has 9 atom stereocenters. The number of halogens is 2. The second kappa shape index (κ2) is 14.1. The molecule has 0 saturated carbocycles. The first kappa shape index (κ1) is 32.1. The molecule has 4 aliphatic rings. The fourth-order valence-electron chi connectivity index (χ4n) is 4.80. The average molecular weight is 639 g/mol. The summed E-state index contributed by atoms with van der Waals surface area (Å²) in [7, 11) is -1.23. The Hall–Kier alpha value is -0.840. The minimum absolute atomic E-state index is 0.0680. The highest BCUT2D eigenvalue weighted by atomic mass is 35.9. The van der Waals surface area contributed by atoms with Gasteiger partial charge in [0.25, 0.3) is 5.85 Å². The number of aliphatic hydroxyl groups is 2. The van der Waals surface area contributed by atoms with Crippen molar-refractivity contribution in [1.29, 1.82) is 0 Å². The number of hydrogen-bond acceptors (Lipinski definition) is 10. The molecule has 2 N–H and O–H groups in total. The summed E-state index contributed by atoms with van der Waals surface area (Å²) >= 11 is 10.8. The van der Waals surface area contributed by atoms with Crippen molar-refractivity contribution in [3.63, 3.8) is 0 Å². The van der Waals surface area contributed by atoms with Crippen LogP contribution in [0.25, 0.3) is 0 Å². The van der Waals surface area contributed by atoms with E-state index in [0.29, 0.717) is 23.8 Å². The normalized spacial score (nSPS) is 34.0. The number of hydrogen-bond donors (Lipinski definition) is 2. The van der Waals surface area contributed by atoms with Crippen LogP contribution in [-0.4, -0.2) is 99.2 Å². The smallest absolute Gasteiger partial charge is 0.281 e. The molecule has 40 heavy (non-hydrogen) atoms. The summed E-state index contributed by atoms with van der Waals surface area (Å²) in [5.41, 5.74) is 0. The van der Waals surface area contributed by atoms with Crippen molar-refractivity contribution in [2.45, 2.75) is 48.8 Å². The molecular weight excluding hydrogens is 605 g/mol. The first-order valence-electron chi connectivity index (χ1n) is 12.7. The van der Waals surface area contributed by atoms with Gasteiger partial charge in [-0.2, -0.15) is 0 Å². The zero-order valence-corrected chi connectivity index (χ0v) is 25.3. The average Bonchev–Trinajstić information content (AvgIpc) is 3.71. The van der Waals surface area contributed by atoms with Crippen molar-refractivity contribution in [3.8, 4) is 0 Å². The molecule has 2 aromatic carbocycles. The van der Waals surface area contributed by atoms with E-state index in [4.69, 9.17) is 60.9 Å². The minimum Gasteiger partial charge on any atom is -0.388 e. The summed E-state index contributed by atoms with van der Waals surface area (Å²) in [6, 6.07) is 17.8. The molecule has 0 spiro atoms. The van der Waals surface area contributed by atoms with Gasteiger partial charge in [0.2, 0.25) is 7.37 Å². The molecule has 4 saturated heterocycles. The molecule has 2 aromatic rings. The van der Waals surface area contributed by atoms with E-state index in [1.165, 1.54) is 0 Å². The number of ether oxygens (including phenoxy) is 5. The van der Waals surface area contributed by atoms with Crippen LogP contribution in [0.5, 0.6) is 0 Å². The SMILES string of the molecule is CO[C@H]1CO[C@H]2[C@@H]1OC[C@H]2OP(C)(=O)c1ccccc1.O=P(Cl)(Cl)c1ccccc1.O[C@@H]1CO[C@H]2[C@@H]1OC[C@@H]2O. The van der Waals surface area contributed by atoms with Gasteiger partial charge in [-0.05, 0) is 46.7 Å². The van der Waals surface area contributed by atoms with Gasteiger partial charge in [0.05, 0.1) is 26.4 Å². The zero-order chi connectivity index (χ0) is 28.9. The van der Waals surface area contributed by atoms with E-state index in [0.717, 1.165) is 0 Å². The lowest BCUT2D eigenvalue weighted by molar-refractivity contribution is -0.0134. The molecule has 0 amide bonds. The summed E-state index contributed by atoms with van der Waals surface area (Å²) in [6.45, 7) is 3.09. The fourth-order valence-corrected chi connectivity index (χ4v) is 7.53. The highest BCUT2D eigenvalue weighted by molar-refractivity contribution is 8.13. The van der Waals surface area contributed by atoms with Crippen LogP contribution in [0.1, 0.15) is 0 Å². The molecule has 222 valence electrons. The second-order valence-corrected chi connectivity index (χ2v) is 17.0. The maximum absolute atomic E-state index is 12.7. The lowest BCUT2D eigenvalue weighted by Gasteiger charge is -2.21. The number of methoxy groups -OCH3 is 1. The van der Waals surface area contributed by atoms with Gasteiger partial charge in [-0.25, -0.2) is 0 Å². The molecule has 0 bridgehead atoms. The summed E-state index contributed by atoms with van der Waals surface area (Å²) in [5, 5.41) is 19.5. The van der Waals surface area contributed by atoms with E-state index in [9.17, 15) is 9.13 Å². The van der Waals surface area contributed by atoms with Gasteiger partial charge in [-0.15, -0.1) is 0 Å². The van der Waals surface area contributed by atoms with Gasteiger partial charge in [-0.3, -0.25) is 9.13 Å². The summed E-state index contributed by atoms with van der Waals surface area (Å²) in [4.78, 5) is 0. The van der Waals surface area contributed by atoms with E-state index in [1.807, 2.05) is 36.4 Å². The first-order valence-corrected chi connectivity index (χ1v) is 18.3. The standard InChI is InChI=1S/C14H19O5P.C6H5Cl2OP.C6H10O4/c1-16-11-8-17-14-12(9-18-13(11)14)19-20(2,15)10-6-4-3-5-7-10;7-10(8,9)6-4-2-1-3-5-6;7-3-1-9-6-4(8)2-10-5(3)6/h3-7,11-14H,8-9H2,1-2H3;1-5H;3-8H,1-2H2/t11-,12+,13+,14+,20?;;3-,4+,5-,6-/m0.1/s1. The number of benzene rings is 2. The summed E-state index contributed by atoms with van der Waals surface area (Å²) in [5.74, 6) is -3.07. The van der Waals surface area contributed by atoms with Crippen LogP contribution in [0.3, 0.4) is 0 Å². The Morgan fingerprint density at radius 1 is 0.700 bits per heavy atom. The van der Waals surface area contributed by atoms with Crippen molar-refractivity contribution < 1.29 is 47.6 Å². The minimum atomic E-state index is -3.07. The zero-order valence-electron chi connectivity index (χ0n) is 22.0. The predicted molar refractivity (Wildman–Crippen MR) is 152 cm³/mol. The van der Waals surface area contributed by atoms with E-state index in [-0.39, 0.29) is 49.8 Å². The lowest BCUT2D eigenvalue weighted by Crippen LogP contribution is -2.33. The molecule has 4 aliphatic heterocycles. The molecular formula is C26H34Cl2O10P2. The fraction of sp³-hybridized carbons (Fsp3) is 0.538. The van der Waals surface area contributed by atoms with Crippen LogP contribution in [0.2, 0.25) is 0 Å². The van der Waals surface area contributed by atoms with E-state index in [1.54, 1.807) is 38.0 Å². The third-order valence-electron chi connectivity index (χ3n) is 6.88. The van der Waals surface area contributed by atoms with Gasteiger partial charge in [-0.1, -0.05) is 36.4 Å². The highest BCUT2D eigenvalue weighted by Crippen LogP contribution is 2.55. The Labute approximate surface area is 243 Å². The highest BCUT2D eigenvalue weighted by Gasteiger charge is 2.50. The Kier molecular flexibility index (Phi) is 11.3. The summed E-state index contributed by atoms with van der Waals surface area (Å²) in [6.07, 6.45) is -2.40. The van der Waals surface area contributed by atoms with Gasteiger partial charge in [0, 0.05) is 24.4 Å². The molecule has 6 rings (SSSR count). The molecule has 4 heterocycles. The van der Waals surface area contributed by atoms with Crippen molar-refractivity contribution in [2.24, 2.45) is 0 Å². The summed E-state index contributed by atoms with van der Waals surface area (Å²) < 4.78 is 56.4. The molecule has 4 fully saturated rings. The van der Waals surface area contributed by atoms with Crippen LogP contribution < -0.4 is 10.6 Å². The Morgan fingerprint density at radius 3 is 1.57 bits per heavy atom. The van der Waals surface area contributed by atoms with Crippen molar-refractivity contribution in [2.75, 3.05) is 40.2 Å². The number of fused-ring (bicyclic) bond motifs is 2. The maximum atomic E-state index is 12.7. The Bertz CT molecular complexity index is 1150. The second-order valence-electron chi connectivity index (χ2n) is 9.72. The van der Waals surface area contributed by atoms with E-state index >= 15 is 0 Å². The largest absolute Gasteiger partial charge is 0.388 e. The molecule has 14 heteroatoms. The number of rotatable bonds is 5. The van der Waals surface area contributed by atoms with Crippen LogP contribution in [0, 0.1) is 0 Å². The predicted octanol–water partition coefficient (Wildman–Crippen LogP) is 2.91. The Balaban J connectivity index is 0.000000155. The van der Waals surface area contributed by atoms with Crippen molar-refractivity contribution in [1.82, 2.24) is 0 Å². The van der Waals surface area contributed by atoms with Crippen molar-refractivity contribution >= 4 is 46.3 Å². The van der Waals surface area contributed by atoms with E-state index in [2.05, 4.69) is 0 Å². The Morgan fingerprint density at radius 2 is 1.12 bits per heavy atom. The van der Waals surface area contributed by atoms with E-state index < -0.39 is 25.4 Å². The third-order valence-corrected chi connectivity index (χ3v) is 10.9. The van der Waals surface area contributed by atoms with Crippen LogP contribution in [0.15, 0.2) is 60.7 Å². The molecule has 0 aromatic heterocycles. The van der Waals surface area contributed by atoms with Gasteiger partial charge >= 0.3 is 0 Å². The quantitative estimate of drug-likeness (QED) is 0.472. The number of aliphatic hydroxyl groups excluding tert-OH is 2. The molecule has 10 nitrogen and oxygen atoms in total. The van der Waals surface area contributed by atoms with Crippen molar-refractivity contribution in [3.05, 3.63) is 60.7 Å². The monoisotopic (exact) mass is 638 g/mol. The third kappa shape index (κ3) is 7.95. The molecule has 1 unspecified atom stereocenters.